The summed E-state index contributed by atoms with van der Waals surface area (Å²) in [5.41, 5.74) is 1.75. The summed E-state index contributed by atoms with van der Waals surface area (Å²) in [5.74, 6) is -3.08. The number of para-hydroxylation sites is 1. The van der Waals surface area contributed by atoms with Crippen LogP contribution in [0.2, 0.25) is 0 Å². The lowest BCUT2D eigenvalue weighted by molar-refractivity contribution is -0.301. The highest BCUT2D eigenvalue weighted by atomic mass is 32.2. The maximum Gasteiger partial charge on any atom is 0.242 e. The van der Waals surface area contributed by atoms with Crippen molar-refractivity contribution < 1.29 is 33.0 Å². The smallest absolute Gasteiger partial charge is 0.242 e. The minimum Gasteiger partial charge on any atom is -0.545 e. The van der Waals surface area contributed by atoms with Crippen molar-refractivity contribution in [1.82, 2.24) is 9.21 Å². The molecule has 0 amide bonds. The van der Waals surface area contributed by atoms with Crippen LogP contribution >= 0.6 is 0 Å². The minimum absolute atomic E-state index is 0.0111. The van der Waals surface area contributed by atoms with E-state index in [1.54, 1.807) is 12.1 Å². The first-order chi connectivity index (χ1) is 16.5. The summed E-state index contributed by atoms with van der Waals surface area (Å²) in [7, 11) is -0.494. The molecule has 1 saturated heterocycles. The zero-order chi connectivity index (χ0) is 26.0. The Balaban J connectivity index is 0.000000466. The summed E-state index contributed by atoms with van der Waals surface area (Å²) in [5, 5.41) is 18.8. The Morgan fingerprint density at radius 1 is 0.857 bits per heavy atom. The van der Waals surface area contributed by atoms with Crippen molar-refractivity contribution in [2.45, 2.75) is 4.90 Å². The van der Waals surface area contributed by atoms with Gasteiger partial charge in [0.2, 0.25) is 10.0 Å². The van der Waals surface area contributed by atoms with Gasteiger partial charge in [0, 0.05) is 51.5 Å². The number of benzene rings is 2. The Hall–Kier alpha value is -3.54. The summed E-state index contributed by atoms with van der Waals surface area (Å²) in [6, 6.07) is 16.5. The van der Waals surface area contributed by atoms with Gasteiger partial charge in [0.15, 0.2) is 5.78 Å². The molecule has 0 saturated carbocycles. The van der Waals surface area contributed by atoms with E-state index >= 15 is 0 Å². The van der Waals surface area contributed by atoms with Crippen LogP contribution in [0.25, 0.3) is 0 Å². The Morgan fingerprint density at radius 2 is 1.37 bits per heavy atom. The van der Waals surface area contributed by atoms with Crippen LogP contribution in [0.3, 0.4) is 0 Å². The molecule has 10 nitrogen and oxygen atoms in total. The van der Waals surface area contributed by atoms with E-state index in [1.165, 1.54) is 31.9 Å². The zero-order valence-electron chi connectivity index (χ0n) is 19.5. The fraction of sp³-hybridized carbons (Fsp3) is 0.292. The Bertz CT molecular complexity index is 1120. The number of aliphatic carboxylic acids is 2. The van der Waals surface area contributed by atoms with Crippen molar-refractivity contribution in [3.63, 3.8) is 0 Å². The van der Waals surface area contributed by atoms with Crippen molar-refractivity contribution in [2.24, 2.45) is 0 Å². The SMILES string of the molecule is CN(C)S(=O)(=O)c1ccc(C(=O)CN2CCN(c3ccccc3)CC2)cc1.O=C([O-])C=CC(=O)[O-]. The van der Waals surface area contributed by atoms with Gasteiger partial charge in [-0.05, 0) is 36.4 Å². The van der Waals surface area contributed by atoms with Gasteiger partial charge in [-0.2, -0.15) is 0 Å². The summed E-state index contributed by atoms with van der Waals surface area (Å²) < 4.78 is 25.4. The molecule has 1 aliphatic rings. The lowest BCUT2D eigenvalue weighted by Crippen LogP contribution is -2.48. The molecule has 1 heterocycles. The number of rotatable bonds is 8. The van der Waals surface area contributed by atoms with Gasteiger partial charge in [0.1, 0.15) is 0 Å². The number of anilines is 1. The molecule has 0 N–H and O–H groups in total. The minimum atomic E-state index is -3.47. The van der Waals surface area contributed by atoms with Gasteiger partial charge in [-0.15, -0.1) is 0 Å². The van der Waals surface area contributed by atoms with Crippen LogP contribution in [0.15, 0.2) is 71.6 Å². The second kappa shape index (κ2) is 12.8. The average molecular weight is 502 g/mol. The van der Waals surface area contributed by atoms with E-state index in [4.69, 9.17) is 0 Å². The van der Waals surface area contributed by atoms with Gasteiger partial charge in [0.25, 0.3) is 0 Å². The Kier molecular flexibility index (Phi) is 10.1. The number of carboxylic acids is 2. The standard InChI is InChI=1S/C20H25N3O3S.C4H4O4/c1-21(2)27(25,26)19-10-8-17(9-11-19)20(24)16-22-12-14-23(15-13-22)18-6-4-3-5-7-18;5-3(6)1-2-4(7)8/h3-11H,12-16H2,1-2H3;1-2H,(H,5,6)(H,7,8)/p-2. The van der Waals surface area contributed by atoms with Gasteiger partial charge in [-0.1, -0.05) is 30.3 Å². The molecule has 188 valence electrons. The quantitative estimate of drug-likeness (QED) is 0.328. The number of hydrogen-bond donors (Lipinski definition) is 0. The van der Waals surface area contributed by atoms with E-state index < -0.39 is 22.0 Å². The van der Waals surface area contributed by atoms with E-state index in [0.717, 1.165) is 30.5 Å². The molecule has 1 fully saturated rings. The number of sulfonamides is 1. The van der Waals surface area contributed by atoms with Crippen LogP contribution in [-0.2, 0) is 19.6 Å². The number of carbonyl (C=O) groups is 3. The average Bonchev–Trinajstić information content (AvgIpc) is 2.84. The molecule has 1 aliphatic heterocycles. The van der Waals surface area contributed by atoms with E-state index in [0.29, 0.717) is 24.3 Å². The normalized spacial score (nSPS) is 14.4. The zero-order valence-corrected chi connectivity index (χ0v) is 20.3. The highest BCUT2D eigenvalue weighted by Crippen LogP contribution is 2.17. The summed E-state index contributed by atoms with van der Waals surface area (Å²) >= 11 is 0. The van der Waals surface area contributed by atoms with Crippen LogP contribution in [0.5, 0.6) is 0 Å². The number of piperazine rings is 1. The molecule has 2 aromatic rings. The molecule has 0 aromatic heterocycles. The Morgan fingerprint density at radius 3 is 1.83 bits per heavy atom. The lowest BCUT2D eigenvalue weighted by atomic mass is 10.1. The van der Waals surface area contributed by atoms with Crippen LogP contribution in [-0.4, -0.2) is 82.2 Å². The molecule has 0 spiro atoms. The van der Waals surface area contributed by atoms with Crippen LogP contribution < -0.4 is 15.1 Å². The first-order valence-electron chi connectivity index (χ1n) is 10.7. The monoisotopic (exact) mass is 501 g/mol. The molecular weight excluding hydrogens is 474 g/mol. The molecule has 11 heteroatoms. The maximum absolute atomic E-state index is 12.5. The van der Waals surface area contributed by atoms with Crippen molar-refractivity contribution in [2.75, 3.05) is 51.7 Å². The first-order valence-corrected chi connectivity index (χ1v) is 12.1. The molecule has 0 aliphatic carbocycles. The number of ketones is 1. The second-order valence-corrected chi connectivity index (χ2v) is 9.96. The fourth-order valence-electron chi connectivity index (χ4n) is 3.26. The summed E-state index contributed by atoms with van der Waals surface area (Å²) in [4.78, 5) is 36.0. The van der Waals surface area contributed by atoms with E-state index in [9.17, 15) is 33.0 Å². The number of carboxylic acid groups (broad SMARTS) is 2. The molecule has 3 rings (SSSR count). The highest BCUT2D eigenvalue weighted by Gasteiger charge is 2.21. The lowest BCUT2D eigenvalue weighted by Gasteiger charge is -2.35. The van der Waals surface area contributed by atoms with E-state index in [1.807, 2.05) is 18.2 Å². The third-order valence-electron chi connectivity index (χ3n) is 5.17. The number of carbonyl (C=O) groups excluding carboxylic acids is 3. The number of hydrogen-bond acceptors (Lipinski definition) is 9. The van der Waals surface area contributed by atoms with Crippen molar-refractivity contribution in [3.8, 4) is 0 Å². The van der Waals surface area contributed by atoms with Gasteiger partial charge in [-0.3, -0.25) is 9.69 Å². The van der Waals surface area contributed by atoms with Crippen molar-refractivity contribution in [3.05, 3.63) is 72.3 Å². The molecular formula is C24H27N3O7S-2. The van der Waals surface area contributed by atoms with Crippen LogP contribution in [0.1, 0.15) is 10.4 Å². The number of nitrogens with zero attached hydrogens (tertiary/aromatic N) is 3. The van der Waals surface area contributed by atoms with Gasteiger partial charge >= 0.3 is 0 Å². The largest absolute Gasteiger partial charge is 0.545 e. The predicted molar refractivity (Wildman–Crippen MR) is 126 cm³/mol. The number of Topliss-reactive ketones (excluding diaryl/α,β-unsaturated/α-hetero) is 1. The van der Waals surface area contributed by atoms with Crippen LogP contribution in [0, 0.1) is 0 Å². The van der Waals surface area contributed by atoms with Gasteiger partial charge in [-0.25, -0.2) is 12.7 Å². The maximum atomic E-state index is 12.5. The van der Waals surface area contributed by atoms with Crippen molar-refractivity contribution >= 4 is 33.4 Å². The van der Waals surface area contributed by atoms with Crippen LogP contribution in [0.4, 0.5) is 5.69 Å². The van der Waals surface area contributed by atoms with Gasteiger partial charge in [0.05, 0.1) is 23.4 Å². The first kappa shape index (κ1) is 27.7. The Labute approximate surface area is 204 Å². The predicted octanol–water partition coefficient (Wildman–Crippen LogP) is -1.02. The van der Waals surface area contributed by atoms with E-state index in [-0.39, 0.29) is 10.7 Å². The fourth-order valence-corrected chi connectivity index (χ4v) is 4.16. The van der Waals surface area contributed by atoms with E-state index in [2.05, 4.69) is 21.9 Å². The summed E-state index contributed by atoms with van der Waals surface area (Å²) in [6.07, 6.45) is 0.769. The van der Waals surface area contributed by atoms with Crippen molar-refractivity contribution in [1.29, 1.82) is 0 Å². The molecule has 0 atom stereocenters. The second-order valence-electron chi connectivity index (χ2n) is 7.81. The molecule has 35 heavy (non-hydrogen) atoms. The molecule has 0 unspecified atom stereocenters. The topological polar surface area (TPSA) is 141 Å². The molecule has 0 radical (unpaired) electrons. The molecule has 0 bridgehead atoms. The molecule has 2 aromatic carbocycles. The van der Waals surface area contributed by atoms with Gasteiger partial charge < -0.3 is 24.7 Å². The third kappa shape index (κ3) is 8.63. The third-order valence-corrected chi connectivity index (χ3v) is 7.00. The highest BCUT2D eigenvalue weighted by molar-refractivity contribution is 7.89. The summed E-state index contributed by atoms with van der Waals surface area (Å²) in [6.45, 7) is 3.78.